The molecule has 3 nitrogen and oxygen atoms in total. The van der Waals surface area contributed by atoms with Gasteiger partial charge in [0.1, 0.15) is 0 Å². The Morgan fingerprint density at radius 2 is 1.94 bits per heavy atom. The molecule has 3 heteroatoms. The van der Waals surface area contributed by atoms with Gasteiger partial charge in [-0.2, -0.15) is 5.10 Å². The monoisotopic (exact) mass is 215 g/mol. The predicted molar refractivity (Wildman–Crippen MR) is 66.0 cm³/mol. The average molecular weight is 215 g/mol. The van der Waals surface area contributed by atoms with Crippen LogP contribution in [0.25, 0.3) is 11.1 Å². The van der Waals surface area contributed by atoms with Crippen molar-refractivity contribution in [1.82, 2.24) is 9.78 Å². The molecular weight excluding hydrogens is 198 g/mol. The molecule has 84 valence electrons. The topological polar surface area (TPSA) is 43.8 Å². The molecule has 1 aromatic carbocycles. The number of rotatable bonds is 2. The molecule has 1 heterocycles. The Morgan fingerprint density at radius 3 is 2.50 bits per heavy atom. The second-order valence-corrected chi connectivity index (χ2v) is 4.03. The van der Waals surface area contributed by atoms with E-state index in [9.17, 15) is 0 Å². The van der Waals surface area contributed by atoms with E-state index in [0.29, 0.717) is 6.54 Å². The largest absolute Gasteiger partial charge is 0.326 e. The van der Waals surface area contributed by atoms with Gasteiger partial charge in [-0.25, -0.2) is 0 Å². The lowest BCUT2D eigenvalue weighted by Crippen LogP contribution is -1.99. The van der Waals surface area contributed by atoms with Gasteiger partial charge in [0.2, 0.25) is 0 Å². The van der Waals surface area contributed by atoms with Gasteiger partial charge in [0.05, 0.1) is 5.69 Å². The van der Waals surface area contributed by atoms with Crippen molar-refractivity contribution in [3.05, 3.63) is 41.2 Å². The molecular formula is C13H17N3. The maximum absolute atomic E-state index is 5.77. The van der Waals surface area contributed by atoms with Crippen LogP contribution in [0.1, 0.15) is 17.0 Å². The summed E-state index contributed by atoms with van der Waals surface area (Å²) in [7, 11) is 1.97. The molecule has 0 atom stereocenters. The van der Waals surface area contributed by atoms with Crippen LogP contribution in [0.15, 0.2) is 24.3 Å². The molecule has 2 N–H and O–H groups in total. The van der Waals surface area contributed by atoms with E-state index in [1.807, 2.05) is 30.8 Å². The molecule has 2 aromatic rings. The van der Waals surface area contributed by atoms with Crippen LogP contribution in [-0.4, -0.2) is 9.78 Å². The van der Waals surface area contributed by atoms with Crippen LogP contribution in [0.5, 0.6) is 0 Å². The first-order valence-electron chi connectivity index (χ1n) is 5.43. The van der Waals surface area contributed by atoms with Gasteiger partial charge in [0, 0.05) is 24.8 Å². The van der Waals surface area contributed by atoms with E-state index in [1.165, 1.54) is 22.4 Å². The molecule has 0 fully saturated rings. The molecule has 0 aliphatic rings. The van der Waals surface area contributed by atoms with E-state index in [4.69, 9.17) is 5.73 Å². The summed E-state index contributed by atoms with van der Waals surface area (Å²) in [6, 6.07) is 8.24. The summed E-state index contributed by atoms with van der Waals surface area (Å²) in [5.41, 5.74) is 11.6. The summed E-state index contributed by atoms with van der Waals surface area (Å²) in [6.07, 6.45) is 0. The lowest BCUT2D eigenvalue weighted by atomic mass is 9.98. The zero-order valence-electron chi connectivity index (χ0n) is 9.99. The van der Waals surface area contributed by atoms with Crippen LogP contribution in [0.3, 0.4) is 0 Å². The normalized spacial score (nSPS) is 10.8. The fourth-order valence-corrected chi connectivity index (χ4v) is 2.11. The summed E-state index contributed by atoms with van der Waals surface area (Å²) >= 11 is 0. The molecule has 0 aliphatic heterocycles. The first-order chi connectivity index (χ1) is 7.65. The summed E-state index contributed by atoms with van der Waals surface area (Å²) in [5, 5.41) is 4.44. The Bertz CT molecular complexity index is 512. The summed E-state index contributed by atoms with van der Waals surface area (Å²) in [6.45, 7) is 4.68. The van der Waals surface area contributed by atoms with Crippen molar-refractivity contribution in [2.24, 2.45) is 12.8 Å². The van der Waals surface area contributed by atoms with Gasteiger partial charge in [-0.05, 0) is 25.0 Å². The molecule has 0 saturated heterocycles. The number of hydrogen-bond acceptors (Lipinski definition) is 2. The van der Waals surface area contributed by atoms with Gasteiger partial charge in [0.15, 0.2) is 0 Å². The molecule has 0 radical (unpaired) electrons. The van der Waals surface area contributed by atoms with Crippen molar-refractivity contribution >= 4 is 0 Å². The number of hydrogen-bond donors (Lipinski definition) is 1. The number of nitrogens with zero attached hydrogens (tertiary/aromatic N) is 2. The lowest BCUT2D eigenvalue weighted by molar-refractivity contribution is 0.731. The van der Waals surface area contributed by atoms with Crippen LogP contribution in [0.2, 0.25) is 0 Å². The Hall–Kier alpha value is -1.61. The van der Waals surface area contributed by atoms with E-state index in [2.05, 4.69) is 24.2 Å². The molecule has 0 bridgehead atoms. The van der Waals surface area contributed by atoms with Crippen LogP contribution in [-0.2, 0) is 13.6 Å². The maximum atomic E-state index is 5.77. The lowest BCUT2D eigenvalue weighted by Gasteiger charge is -2.08. The minimum Gasteiger partial charge on any atom is -0.326 e. The molecule has 0 aliphatic carbocycles. The van der Waals surface area contributed by atoms with Crippen LogP contribution >= 0.6 is 0 Å². The van der Waals surface area contributed by atoms with Gasteiger partial charge >= 0.3 is 0 Å². The smallest absolute Gasteiger partial charge is 0.0674 e. The second-order valence-electron chi connectivity index (χ2n) is 4.03. The van der Waals surface area contributed by atoms with Gasteiger partial charge in [0.25, 0.3) is 0 Å². The number of aromatic nitrogens is 2. The van der Waals surface area contributed by atoms with Crippen molar-refractivity contribution in [3.63, 3.8) is 0 Å². The summed E-state index contributed by atoms with van der Waals surface area (Å²) in [4.78, 5) is 0. The molecule has 16 heavy (non-hydrogen) atoms. The highest BCUT2D eigenvalue weighted by atomic mass is 15.3. The fourth-order valence-electron chi connectivity index (χ4n) is 2.11. The Labute approximate surface area is 95.9 Å². The van der Waals surface area contributed by atoms with Gasteiger partial charge in [-0.1, -0.05) is 24.3 Å². The Kier molecular flexibility index (Phi) is 2.79. The number of nitrogens with two attached hydrogens (primary N) is 1. The maximum Gasteiger partial charge on any atom is 0.0674 e. The first kappa shape index (κ1) is 10.9. The molecule has 1 aromatic heterocycles. The van der Waals surface area contributed by atoms with Gasteiger partial charge in [-0.15, -0.1) is 0 Å². The SMILES string of the molecule is Cc1nn(C)c(C)c1-c1ccccc1CN. The summed E-state index contributed by atoms with van der Waals surface area (Å²) in [5.74, 6) is 0. The third-order valence-electron chi connectivity index (χ3n) is 3.02. The summed E-state index contributed by atoms with van der Waals surface area (Å²) < 4.78 is 1.91. The highest BCUT2D eigenvalue weighted by Gasteiger charge is 2.13. The van der Waals surface area contributed by atoms with Crippen LogP contribution < -0.4 is 5.73 Å². The highest BCUT2D eigenvalue weighted by Crippen LogP contribution is 2.29. The fraction of sp³-hybridized carbons (Fsp3) is 0.308. The zero-order chi connectivity index (χ0) is 11.7. The molecule has 0 spiro atoms. The van der Waals surface area contributed by atoms with Crippen molar-refractivity contribution in [1.29, 1.82) is 0 Å². The Balaban J connectivity index is 2.67. The highest BCUT2D eigenvalue weighted by molar-refractivity contribution is 5.71. The third-order valence-corrected chi connectivity index (χ3v) is 3.02. The van der Waals surface area contributed by atoms with E-state index in [0.717, 1.165) is 5.69 Å². The van der Waals surface area contributed by atoms with Crippen molar-refractivity contribution in [2.45, 2.75) is 20.4 Å². The second kappa shape index (κ2) is 4.10. The quantitative estimate of drug-likeness (QED) is 0.834. The molecule has 0 saturated carbocycles. The van der Waals surface area contributed by atoms with Crippen LogP contribution in [0.4, 0.5) is 0 Å². The number of aryl methyl sites for hydroxylation is 2. The van der Waals surface area contributed by atoms with E-state index in [-0.39, 0.29) is 0 Å². The molecule has 2 rings (SSSR count). The minimum atomic E-state index is 0.559. The number of benzene rings is 1. The molecule has 0 unspecified atom stereocenters. The van der Waals surface area contributed by atoms with E-state index in [1.54, 1.807) is 0 Å². The minimum absolute atomic E-state index is 0.559. The standard InChI is InChI=1S/C13H17N3/c1-9-13(10(2)16(3)15-9)12-7-5-4-6-11(12)8-14/h4-7H,8,14H2,1-3H3. The van der Waals surface area contributed by atoms with Gasteiger partial charge < -0.3 is 5.73 Å². The van der Waals surface area contributed by atoms with Crippen molar-refractivity contribution in [3.8, 4) is 11.1 Å². The van der Waals surface area contributed by atoms with E-state index < -0.39 is 0 Å². The molecule has 0 amide bonds. The third kappa shape index (κ3) is 1.63. The average Bonchev–Trinajstić information content (AvgIpc) is 2.53. The van der Waals surface area contributed by atoms with Gasteiger partial charge in [-0.3, -0.25) is 4.68 Å². The Morgan fingerprint density at radius 1 is 1.25 bits per heavy atom. The van der Waals surface area contributed by atoms with Crippen molar-refractivity contribution in [2.75, 3.05) is 0 Å². The van der Waals surface area contributed by atoms with E-state index >= 15 is 0 Å². The van der Waals surface area contributed by atoms with Crippen molar-refractivity contribution < 1.29 is 0 Å². The zero-order valence-corrected chi connectivity index (χ0v) is 9.99. The predicted octanol–water partition coefficient (Wildman–Crippen LogP) is 2.16. The first-order valence-corrected chi connectivity index (χ1v) is 5.43. The van der Waals surface area contributed by atoms with Crippen LogP contribution in [0, 0.1) is 13.8 Å².